The molecule has 0 fully saturated rings. The average Bonchev–Trinajstić information content (AvgIpc) is 2.73. The maximum absolute atomic E-state index is 14.9. The Morgan fingerprint density at radius 1 is 0.906 bits per heavy atom. The molecule has 0 spiro atoms. The van der Waals surface area contributed by atoms with Gasteiger partial charge in [0.15, 0.2) is 0 Å². The van der Waals surface area contributed by atoms with Crippen LogP contribution in [0.2, 0.25) is 0 Å². The highest BCUT2D eigenvalue weighted by atomic mass is 19.4. The van der Waals surface area contributed by atoms with Crippen molar-refractivity contribution in [2.24, 2.45) is 5.92 Å². The maximum Gasteiger partial charge on any atom is 0.458 e. The summed E-state index contributed by atoms with van der Waals surface area (Å²) in [6.45, 7) is 2.17. The van der Waals surface area contributed by atoms with Gasteiger partial charge >= 0.3 is 6.18 Å². The molecule has 0 saturated heterocycles. The van der Waals surface area contributed by atoms with Gasteiger partial charge in [-0.1, -0.05) is 43.2 Å². The van der Waals surface area contributed by atoms with Gasteiger partial charge in [-0.05, 0) is 65.5 Å². The Morgan fingerprint density at radius 2 is 1.66 bits per heavy atom. The van der Waals surface area contributed by atoms with Crippen molar-refractivity contribution in [3.63, 3.8) is 0 Å². The predicted molar refractivity (Wildman–Crippen MR) is 113 cm³/mol. The zero-order valence-electron chi connectivity index (χ0n) is 17.1. The molecule has 4 rings (SSSR count). The van der Waals surface area contributed by atoms with Gasteiger partial charge in [-0.15, -0.1) is 0 Å². The Kier molecular flexibility index (Phi) is 5.77. The largest absolute Gasteiger partial charge is 0.458 e. The first-order valence-electron chi connectivity index (χ1n) is 10.1. The summed E-state index contributed by atoms with van der Waals surface area (Å²) in [5, 5.41) is 0.00245. The van der Waals surface area contributed by atoms with Crippen molar-refractivity contribution < 1.29 is 26.3 Å². The Bertz CT molecular complexity index is 1290. The van der Waals surface area contributed by atoms with E-state index in [-0.39, 0.29) is 16.3 Å². The minimum Gasteiger partial charge on any atom is -0.206 e. The summed E-state index contributed by atoms with van der Waals surface area (Å²) in [7, 11) is 0. The Balaban J connectivity index is 1.72. The lowest BCUT2D eigenvalue weighted by atomic mass is 9.87. The van der Waals surface area contributed by atoms with E-state index in [1.54, 1.807) is 6.07 Å². The minimum absolute atomic E-state index is 0.0971. The number of allylic oxidation sites excluding steroid dienone is 2. The third kappa shape index (κ3) is 4.52. The van der Waals surface area contributed by atoms with E-state index in [1.165, 1.54) is 30.2 Å². The van der Waals surface area contributed by atoms with Crippen LogP contribution in [0.5, 0.6) is 0 Å². The lowest BCUT2D eigenvalue weighted by molar-refractivity contribution is -0.0696. The van der Waals surface area contributed by atoms with Crippen LogP contribution >= 0.6 is 0 Å². The molecule has 0 amide bonds. The number of hydrogen-bond acceptors (Lipinski definition) is 0. The highest BCUT2D eigenvalue weighted by molar-refractivity contribution is 5.89. The van der Waals surface area contributed by atoms with Crippen LogP contribution in [0.3, 0.4) is 0 Å². The minimum atomic E-state index is -4.87. The SMILES string of the molecule is CC1CC=C(c2ccc(-c3ccc4c(F)c(C#CC(F)(F)F)c(F)cc4c3)c(F)c2)CC1. The molecule has 0 heterocycles. The second-order valence-electron chi connectivity index (χ2n) is 8.03. The monoisotopic (exact) mass is 444 g/mol. The fourth-order valence-corrected chi connectivity index (χ4v) is 3.92. The van der Waals surface area contributed by atoms with Gasteiger partial charge in [0.25, 0.3) is 0 Å². The molecule has 1 atom stereocenters. The molecule has 0 saturated carbocycles. The van der Waals surface area contributed by atoms with Gasteiger partial charge < -0.3 is 0 Å². The van der Waals surface area contributed by atoms with E-state index in [4.69, 9.17) is 0 Å². The van der Waals surface area contributed by atoms with Crippen LogP contribution in [0.15, 0.2) is 48.5 Å². The molecule has 164 valence electrons. The number of fused-ring (bicyclic) bond motifs is 1. The Morgan fingerprint density at radius 3 is 2.31 bits per heavy atom. The second-order valence-corrected chi connectivity index (χ2v) is 8.03. The molecular weight excluding hydrogens is 426 g/mol. The van der Waals surface area contributed by atoms with Crippen LogP contribution in [-0.4, -0.2) is 6.18 Å². The zero-order valence-corrected chi connectivity index (χ0v) is 17.1. The van der Waals surface area contributed by atoms with Crippen LogP contribution in [0.1, 0.15) is 37.3 Å². The third-order valence-corrected chi connectivity index (χ3v) is 5.68. The first-order valence-corrected chi connectivity index (χ1v) is 10.1. The molecule has 3 aromatic rings. The van der Waals surface area contributed by atoms with Crippen LogP contribution in [0.25, 0.3) is 27.5 Å². The van der Waals surface area contributed by atoms with Crippen LogP contribution < -0.4 is 0 Å². The van der Waals surface area contributed by atoms with Gasteiger partial charge in [0.05, 0.1) is 5.56 Å². The van der Waals surface area contributed by atoms with E-state index in [9.17, 15) is 26.3 Å². The lowest BCUT2D eigenvalue weighted by Gasteiger charge is -2.19. The van der Waals surface area contributed by atoms with E-state index in [0.717, 1.165) is 42.4 Å². The standard InChI is InChI=1S/C26H18F6/c1-15-2-4-16(5-3-15)17-6-8-20(23(27)13-17)18-7-9-21-19(12-18)14-24(28)22(25(21)29)10-11-26(30,31)32/h4,6-9,12-15H,2-3,5H2,1H3. The van der Waals surface area contributed by atoms with Gasteiger partial charge in [-0.25, -0.2) is 13.2 Å². The summed E-state index contributed by atoms with van der Waals surface area (Å²) in [6.07, 6.45) is 0.146. The van der Waals surface area contributed by atoms with Gasteiger partial charge in [0.1, 0.15) is 17.5 Å². The van der Waals surface area contributed by atoms with Crippen molar-refractivity contribution in [1.29, 1.82) is 0 Å². The molecule has 32 heavy (non-hydrogen) atoms. The predicted octanol–water partition coefficient (Wildman–Crippen LogP) is 8.04. The smallest absolute Gasteiger partial charge is 0.206 e. The van der Waals surface area contributed by atoms with Gasteiger partial charge in [-0.2, -0.15) is 13.2 Å². The summed E-state index contributed by atoms with van der Waals surface area (Å²) in [5.74, 6) is 0.155. The third-order valence-electron chi connectivity index (χ3n) is 5.68. The lowest BCUT2D eigenvalue weighted by Crippen LogP contribution is -2.02. The summed E-state index contributed by atoms with van der Waals surface area (Å²) < 4.78 is 80.7. The highest BCUT2D eigenvalue weighted by Crippen LogP contribution is 2.34. The van der Waals surface area contributed by atoms with Gasteiger partial charge in [-0.3, -0.25) is 0 Å². The zero-order chi connectivity index (χ0) is 23.0. The quantitative estimate of drug-likeness (QED) is 0.277. The molecule has 0 radical (unpaired) electrons. The van der Waals surface area contributed by atoms with E-state index in [2.05, 4.69) is 13.0 Å². The highest BCUT2D eigenvalue weighted by Gasteiger charge is 2.24. The molecule has 3 aromatic carbocycles. The van der Waals surface area contributed by atoms with Crippen LogP contribution in [0, 0.1) is 35.2 Å². The van der Waals surface area contributed by atoms with Crippen molar-refractivity contribution in [3.8, 4) is 23.0 Å². The first-order chi connectivity index (χ1) is 15.1. The van der Waals surface area contributed by atoms with Crippen molar-refractivity contribution in [2.45, 2.75) is 32.4 Å². The molecule has 0 aromatic heterocycles. The molecule has 0 N–H and O–H groups in total. The van der Waals surface area contributed by atoms with E-state index < -0.39 is 29.2 Å². The fourth-order valence-electron chi connectivity index (χ4n) is 3.92. The number of halogens is 6. The molecule has 1 aliphatic rings. The summed E-state index contributed by atoms with van der Waals surface area (Å²) >= 11 is 0. The first kappa shape index (κ1) is 22.0. The fraction of sp³-hybridized carbons (Fsp3) is 0.231. The number of benzene rings is 3. The van der Waals surface area contributed by atoms with E-state index >= 15 is 0 Å². The average molecular weight is 444 g/mol. The molecule has 1 aliphatic carbocycles. The van der Waals surface area contributed by atoms with Gasteiger partial charge in [0, 0.05) is 16.9 Å². The molecule has 0 aliphatic heterocycles. The van der Waals surface area contributed by atoms with Crippen molar-refractivity contribution in [1.82, 2.24) is 0 Å². The molecule has 1 unspecified atom stereocenters. The van der Waals surface area contributed by atoms with Crippen molar-refractivity contribution in [2.75, 3.05) is 0 Å². The Labute approximate surface area is 181 Å². The topological polar surface area (TPSA) is 0 Å². The summed E-state index contributed by atoms with van der Waals surface area (Å²) in [6, 6.07) is 9.95. The van der Waals surface area contributed by atoms with Crippen molar-refractivity contribution in [3.05, 3.63) is 77.1 Å². The number of alkyl halides is 3. The second kappa shape index (κ2) is 8.38. The van der Waals surface area contributed by atoms with Crippen LogP contribution in [-0.2, 0) is 0 Å². The van der Waals surface area contributed by atoms with Crippen LogP contribution in [0.4, 0.5) is 26.3 Å². The number of rotatable bonds is 2. The normalized spacial score (nSPS) is 16.5. The van der Waals surface area contributed by atoms with E-state index in [0.29, 0.717) is 11.5 Å². The Hall–Kier alpha value is -3.20. The molecule has 0 bridgehead atoms. The summed E-state index contributed by atoms with van der Waals surface area (Å²) in [5.41, 5.74) is 1.63. The van der Waals surface area contributed by atoms with Gasteiger partial charge in [0.2, 0.25) is 0 Å². The number of hydrogen-bond donors (Lipinski definition) is 0. The van der Waals surface area contributed by atoms with E-state index in [1.807, 2.05) is 6.07 Å². The molecule has 0 nitrogen and oxygen atoms in total. The molecule has 6 heteroatoms. The summed E-state index contributed by atoms with van der Waals surface area (Å²) in [4.78, 5) is 0. The maximum atomic E-state index is 14.9. The molecular formula is C26H18F6. The van der Waals surface area contributed by atoms with Crippen molar-refractivity contribution >= 4 is 16.3 Å².